The average Bonchev–Trinajstić information content (AvgIpc) is 3.46. The fourth-order valence-corrected chi connectivity index (χ4v) is 4.55. The van der Waals surface area contributed by atoms with Crippen molar-refractivity contribution < 1.29 is 27.9 Å². The highest BCUT2D eigenvalue weighted by Gasteiger charge is 2.29. The summed E-state index contributed by atoms with van der Waals surface area (Å²) in [6.45, 7) is 0. The number of benzene rings is 2. The summed E-state index contributed by atoms with van der Waals surface area (Å²) in [5.41, 5.74) is 6.27. The molecule has 0 heterocycles. The van der Waals surface area contributed by atoms with Crippen LogP contribution in [0.3, 0.4) is 0 Å². The number of carbonyl (C=O) groups excluding carboxylic acids is 1. The van der Waals surface area contributed by atoms with E-state index in [1.54, 1.807) is 48.5 Å². The van der Waals surface area contributed by atoms with Crippen LogP contribution in [0.1, 0.15) is 24.8 Å². The SMILES string of the molecule is NC(CC(=O)O)C(=O)Cc1ccc(Oc2ccc(S(=O)(=O)CC3CC3)cc2)cc1. The average molecular weight is 417 g/mol. The zero-order valence-corrected chi connectivity index (χ0v) is 16.6. The molecule has 2 aromatic carbocycles. The lowest BCUT2D eigenvalue weighted by Gasteiger charge is -2.10. The van der Waals surface area contributed by atoms with Crippen LogP contribution in [0, 0.1) is 5.92 Å². The van der Waals surface area contributed by atoms with E-state index in [0.717, 1.165) is 12.8 Å². The molecule has 1 unspecified atom stereocenters. The van der Waals surface area contributed by atoms with E-state index in [-0.39, 0.29) is 18.0 Å². The Hall–Kier alpha value is -2.71. The summed E-state index contributed by atoms with van der Waals surface area (Å²) in [6.07, 6.45) is 1.61. The second-order valence-electron chi connectivity index (χ2n) is 7.29. The van der Waals surface area contributed by atoms with Gasteiger partial charge in [-0.3, -0.25) is 9.59 Å². The molecular formula is C21H23NO6S. The molecule has 1 atom stereocenters. The van der Waals surface area contributed by atoms with Crippen molar-refractivity contribution >= 4 is 21.6 Å². The lowest BCUT2D eigenvalue weighted by Crippen LogP contribution is -2.34. The summed E-state index contributed by atoms with van der Waals surface area (Å²) in [4.78, 5) is 22.9. The number of carboxylic acid groups (broad SMARTS) is 1. The topological polar surface area (TPSA) is 124 Å². The summed E-state index contributed by atoms with van der Waals surface area (Å²) < 4.78 is 30.3. The number of ether oxygens (including phenoxy) is 1. The summed E-state index contributed by atoms with van der Waals surface area (Å²) in [5.74, 6) is 0.0704. The van der Waals surface area contributed by atoms with Gasteiger partial charge in [-0.2, -0.15) is 0 Å². The van der Waals surface area contributed by atoms with Crippen molar-refractivity contribution in [3.63, 3.8) is 0 Å². The van der Waals surface area contributed by atoms with E-state index < -0.39 is 28.3 Å². The summed E-state index contributed by atoms with van der Waals surface area (Å²) >= 11 is 0. The molecule has 1 aliphatic rings. The first kappa shape index (κ1) is 21.0. The van der Waals surface area contributed by atoms with Gasteiger partial charge in [0.25, 0.3) is 0 Å². The van der Waals surface area contributed by atoms with Crippen LogP contribution in [0.15, 0.2) is 53.4 Å². The molecular weight excluding hydrogens is 394 g/mol. The van der Waals surface area contributed by atoms with Gasteiger partial charge >= 0.3 is 5.97 Å². The molecule has 0 saturated heterocycles. The van der Waals surface area contributed by atoms with Gasteiger partial charge in [-0.25, -0.2) is 8.42 Å². The van der Waals surface area contributed by atoms with Gasteiger partial charge in [0.15, 0.2) is 15.6 Å². The standard InChI is InChI=1S/C21H23NO6S/c22-19(12-21(24)25)20(23)11-14-3-5-16(6-4-14)28-17-7-9-18(10-8-17)29(26,27)13-15-1-2-15/h3-10,15,19H,1-2,11-13,22H2,(H,24,25). The molecule has 1 aliphatic carbocycles. The minimum atomic E-state index is -3.25. The van der Waals surface area contributed by atoms with Crippen LogP contribution < -0.4 is 10.5 Å². The molecule has 0 amide bonds. The van der Waals surface area contributed by atoms with E-state index in [1.165, 1.54) is 0 Å². The first-order valence-electron chi connectivity index (χ1n) is 9.32. The Kier molecular flexibility index (Phi) is 6.34. The number of Topliss-reactive ketones (excluding diaryl/α,β-unsaturated/α-hetero) is 1. The maximum Gasteiger partial charge on any atom is 0.305 e. The van der Waals surface area contributed by atoms with Crippen molar-refractivity contribution in [1.82, 2.24) is 0 Å². The van der Waals surface area contributed by atoms with Crippen molar-refractivity contribution in [3.8, 4) is 11.5 Å². The highest BCUT2D eigenvalue weighted by Crippen LogP contribution is 2.32. The number of hydrogen-bond donors (Lipinski definition) is 2. The number of carbonyl (C=O) groups is 2. The molecule has 1 fully saturated rings. The lowest BCUT2D eigenvalue weighted by molar-refractivity contribution is -0.139. The van der Waals surface area contributed by atoms with Crippen LogP contribution in [0.25, 0.3) is 0 Å². The van der Waals surface area contributed by atoms with Crippen LogP contribution in [0.4, 0.5) is 0 Å². The lowest BCUT2D eigenvalue weighted by atomic mass is 10.0. The predicted molar refractivity (Wildman–Crippen MR) is 107 cm³/mol. The Morgan fingerprint density at radius 3 is 2.10 bits per heavy atom. The van der Waals surface area contributed by atoms with E-state index in [0.29, 0.717) is 27.9 Å². The molecule has 2 aromatic rings. The van der Waals surface area contributed by atoms with Crippen molar-refractivity contribution in [2.24, 2.45) is 11.7 Å². The van der Waals surface area contributed by atoms with Gasteiger partial charge in [-0.1, -0.05) is 12.1 Å². The fraction of sp³-hybridized carbons (Fsp3) is 0.333. The van der Waals surface area contributed by atoms with Gasteiger partial charge in [0.2, 0.25) is 0 Å². The van der Waals surface area contributed by atoms with E-state index in [1.807, 2.05) is 0 Å². The molecule has 154 valence electrons. The van der Waals surface area contributed by atoms with Crippen LogP contribution in [0.5, 0.6) is 11.5 Å². The number of rotatable bonds is 10. The van der Waals surface area contributed by atoms with E-state index in [2.05, 4.69) is 0 Å². The molecule has 1 saturated carbocycles. The molecule has 7 nitrogen and oxygen atoms in total. The Labute approximate surface area is 169 Å². The number of nitrogens with two attached hydrogens (primary N) is 1. The second-order valence-corrected chi connectivity index (χ2v) is 9.32. The molecule has 8 heteroatoms. The molecule has 0 spiro atoms. The number of ketones is 1. The van der Waals surface area contributed by atoms with E-state index in [4.69, 9.17) is 15.6 Å². The van der Waals surface area contributed by atoms with Gasteiger partial charge in [0.1, 0.15) is 11.5 Å². The van der Waals surface area contributed by atoms with Crippen molar-refractivity contribution in [1.29, 1.82) is 0 Å². The molecule has 3 rings (SSSR count). The minimum Gasteiger partial charge on any atom is -0.481 e. The number of hydrogen-bond acceptors (Lipinski definition) is 6. The van der Waals surface area contributed by atoms with E-state index in [9.17, 15) is 18.0 Å². The number of sulfone groups is 1. The zero-order valence-electron chi connectivity index (χ0n) is 15.8. The normalized spacial score (nSPS) is 14.9. The first-order chi connectivity index (χ1) is 13.7. The molecule has 3 N–H and O–H groups in total. The van der Waals surface area contributed by atoms with Crippen molar-refractivity contribution in [2.45, 2.75) is 36.6 Å². The van der Waals surface area contributed by atoms with Gasteiger partial charge in [-0.05, 0) is 60.7 Å². The predicted octanol–water partition coefficient (Wildman–Crippen LogP) is 2.58. The molecule has 0 aliphatic heterocycles. The van der Waals surface area contributed by atoms with E-state index >= 15 is 0 Å². The maximum atomic E-state index is 12.3. The largest absolute Gasteiger partial charge is 0.481 e. The van der Waals surface area contributed by atoms with Crippen LogP contribution >= 0.6 is 0 Å². The summed E-state index contributed by atoms with van der Waals surface area (Å²) in [5, 5.41) is 8.70. The Balaban J connectivity index is 1.58. The number of aliphatic carboxylic acids is 1. The minimum absolute atomic E-state index is 0.0439. The van der Waals surface area contributed by atoms with Gasteiger partial charge in [0, 0.05) is 6.42 Å². The second kappa shape index (κ2) is 8.75. The summed E-state index contributed by atoms with van der Waals surface area (Å²) in [7, 11) is -3.25. The highest BCUT2D eigenvalue weighted by molar-refractivity contribution is 7.91. The third-order valence-electron chi connectivity index (χ3n) is 4.68. The van der Waals surface area contributed by atoms with Crippen LogP contribution in [-0.2, 0) is 25.8 Å². The third-order valence-corrected chi connectivity index (χ3v) is 6.58. The quantitative estimate of drug-likeness (QED) is 0.609. The van der Waals surface area contributed by atoms with Gasteiger partial charge in [0.05, 0.1) is 23.1 Å². The molecule has 0 aromatic heterocycles. The number of carboxylic acids is 1. The van der Waals surface area contributed by atoms with Crippen molar-refractivity contribution in [2.75, 3.05) is 5.75 Å². The van der Waals surface area contributed by atoms with Crippen LogP contribution in [0.2, 0.25) is 0 Å². The molecule has 29 heavy (non-hydrogen) atoms. The third kappa shape index (κ3) is 6.13. The summed E-state index contributed by atoms with van der Waals surface area (Å²) in [6, 6.07) is 12.1. The van der Waals surface area contributed by atoms with Crippen molar-refractivity contribution in [3.05, 3.63) is 54.1 Å². The zero-order chi connectivity index (χ0) is 21.0. The Bertz CT molecular complexity index is 979. The highest BCUT2D eigenvalue weighted by atomic mass is 32.2. The molecule has 0 bridgehead atoms. The Morgan fingerprint density at radius 1 is 1.03 bits per heavy atom. The maximum absolute atomic E-state index is 12.3. The Morgan fingerprint density at radius 2 is 1.59 bits per heavy atom. The van der Waals surface area contributed by atoms with Gasteiger partial charge < -0.3 is 15.6 Å². The van der Waals surface area contributed by atoms with Crippen LogP contribution in [-0.4, -0.2) is 37.1 Å². The monoisotopic (exact) mass is 417 g/mol. The molecule has 0 radical (unpaired) electrons. The fourth-order valence-electron chi connectivity index (χ4n) is 2.85. The van der Waals surface area contributed by atoms with Gasteiger partial charge in [-0.15, -0.1) is 0 Å². The smallest absolute Gasteiger partial charge is 0.305 e. The first-order valence-corrected chi connectivity index (χ1v) is 11.0.